The van der Waals surface area contributed by atoms with Gasteiger partial charge in [-0.15, -0.1) is 0 Å². The van der Waals surface area contributed by atoms with Gasteiger partial charge in [0.1, 0.15) is 0 Å². The molecule has 0 aliphatic carbocycles. The molecule has 1 aromatic carbocycles. The minimum absolute atomic E-state index is 0.207. The molecule has 98 valence electrons. The molecule has 18 heavy (non-hydrogen) atoms. The normalized spacial score (nSPS) is 20.3. The Bertz CT molecular complexity index is 421. The summed E-state index contributed by atoms with van der Waals surface area (Å²) in [5, 5.41) is 13.0. The second-order valence-corrected chi connectivity index (χ2v) is 5.40. The van der Waals surface area contributed by atoms with Crippen LogP contribution in [0.3, 0.4) is 0 Å². The monoisotopic (exact) mass is 247 g/mol. The fraction of sp³-hybridized carbons (Fsp3) is 0.533. The van der Waals surface area contributed by atoms with Crippen molar-refractivity contribution in [3.8, 4) is 0 Å². The van der Waals surface area contributed by atoms with Crippen molar-refractivity contribution in [1.29, 1.82) is 0 Å². The molecule has 0 aromatic heterocycles. The standard InChI is InChI=1S/C15H21NO2/c1-11-3-5-12(6-4-11)15(2,14(17)18)13-7-9-16-10-8-13/h3-6,13,16H,7-10H2,1-2H3,(H,17,18). The van der Waals surface area contributed by atoms with Gasteiger partial charge in [0.15, 0.2) is 0 Å². The van der Waals surface area contributed by atoms with E-state index in [1.165, 1.54) is 0 Å². The Labute approximate surface area is 108 Å². The summed E-state index contributed by atoms with van der Waals surface area (Å²) in [6.07, 6.45) is 1.85. The predicted molar refractivity (Wildman–Crippen MR) is 71.8 cm³/mol. The van der Waals surface area contributed by atoms with E-state index in [1.807, 2.05) is 38.1 Å². The molecular formula is C15H21NO2. The highest BCUT2D eigenvalue weighted by atomic mass is 16.4. The van der Waals surface area contributed by atoms with Gasteiger partial charge >= 0.3 is 5.97 Å². The Kier molecular flexibility index (Phi) is 3.71. The summed E-state index contributed by atoms with van der Waals surface area (Å²) in [6.45, 7) is 5.72. The van der Waals surface area contributed by atoms with Crippen LogP contribution < -0.4 is 5.32 Å². The van der Waals surface area contributed by atoms with Gasteiger partial charge in [0.05, 0.1) is 5.41 Å². The fourth-order valence-corrected chi connectivity index (χ4v) is 2.83. The molecule has 0 bridgehead atoms. The first-order valence-corrected chi connectivity index (χ1v) is 6.56. The molecule has 1 atom stereocenters. The van der Waals surface area contributed by atoms with E-state index in [-0.39, 0.29) is 5.92 Å². The Morgan fingerprint density at radius 1 is 1.28 bits per heavy atom. The average molecular weight is 247 g/mol. The summed E-state index contributed by atoms with van der Waals surface area (Å²) in [5.74, 6) is -0.503. The average Bonchev–Trinajstić information content (AvgIpc) is 2.39. The first-order chi connectivity index (χ1) is 8.55. The minimum Gasteiger partial charge on any atom is -0.481 e. The number of carbonyl (C=O) groups is 1. The highest BCUT2D eigenvalue weighted by molar-refractivity contribution is 5.81. The molecule has 1 saturated heterocycles. The van der Waals surface area contributed by atoms with Crippen LogP contribution in [0.5, 0.6) is 0 Å². The van der Waals surface area contributed by atoms with Gasteiger partial charge in [0, 0.05) is 0 Å². The molecule has 0 saturated carbocycles. The van der Waals surface area contributed by atoms with E-state index in [9.17, 15) is 9.90 Å². The molecule has 3 heteroatoms. The van der Waals surface area contributed by atoms with Gasteiger partial charge in [-0.1, -0.05) is 29.8 Å². The van der Waals surface area contributed by atoms with Gasteiger partial charge in [-0.2, -0.15) is 0 Å². The molecule has 2 rings (SSSR count). The molecule has 1 aromatic rings. The highest BCUT2D eigenvalue weighted by Crippen LogP contribution is 2.37. The maximum Gasteiger partial charge on any atom is 0.314 e. The summed E-state index contributed by atoms with van der Waals surface area (Å²) in [7, 11) is 0. The zero-order valence-electron chi connectivity index (χ0n) is 11.1. The summed E-state index contributed by atoms with van der Waals surface area (Å²) < 4.78 is 0. The number of nitrogens with one attached hydrogen (secondary N) is 1. The number of piperidine rings is 1. The van der Waals surface area contributed by atoms with Crippen molar-refractivity contribution in [1.82, 2.24) is 5.32 Å². The lowest BCUT2D eigenvalue weighted by atomic mass is 9.68. The molecule has 3 nitrogen and oxygen atoms in total. The predicted octanol–water partition coefficient (Wildman–Crippen LogP) is 2.34. The highest BCUT2D eigenvalue weighted by Gasteiger charge is 2.43. The van der Waals surface area contributed by atoms with Crippen LogP contribution in [-0.4, -0.2) is 24.2 Å². The zero-order chi connectivity index (χ0) is 13.2. The number of aliphatic carboxylic acids is 1. The Morgan fingerprint density at radius 3 is 2.33 bits per heavy atom. The third-order valence-corrected chi connectivity index (χ3v) is 4.25. The molecule has 1 aliphatic heterocycles. The van der Waals surface area contributed by atoms with Crippen LogP contribution >= 0.6 is 0 Å². The number of carboxylic acid groups (broad SMARTS) is 1. The van der Waals surface area contributed by atoms with Crippen LogP contribution in [-0.2, 0) is 10.2 Å². The minimum atomic E-state index is -0.768. The topological polar surface area (TPSA) is 49.3 Å². The van der Waals surface area contributed by atoms with Crippen LogP contribution in [0.2, 0.25) is 0 Å². The summed E-state index contributed by atoms with van der Waals surface area (Å²) in [5.41, 5.74) is 1.32. The number of rotatable bonds is 3. The molecule has 1 aliphatic rings. The largest absolute Gasteiger partial charge is 0.481 e. The number of carboxylic acids is 1. The molecule has 0 spiro atoms. The van der Waals surface area contributed by atoms with Gasteiger partial charge in [0.2, 0.25) is 0 Å². The summed E-state index contributed by atoms with van der Waals surface area (Å²) >= 11 is 0. The van der Waals surface area contributed by atoms with Crippen molar-refractivity contribution < 1.29 is 9.90 Å². The van der Waals surface area contributed by atoms with Gasteiger partial charge in [-0.25, -0.2) is 0 Å². The van der Waals surface area contributed by atoms with Crippen molar-refractivity contribution in [2.75, 3.05) is 13.1 Å². The third kappa shape index (κ3) is 2.27. The van der Waals surface area contributed by atoms with E-state index in [1.54, 1.807) is 0 Å². The summed E-state index contributed by atoms with van der Waals surface area (Å²) in [4.78, 5) is 11.8. The van der Waals surface area contributed by atoms with Crippen molar-refractivity contribution >= 4 is 5.97 Å². The number of hydrogen-bond acceptors (Lipinski definition) is 2. The van der Waals surface area contributed by atoms with Crippen molar-refractivity contribution in [2.45, 2.75) is 32.1 Å². The lowest BCUT2D eigenvalue weighted by Gasteiger charge is -2.37. The maximum absolute atomic E-state index is 11.8. The zero-order valence-corrected chi connectivity index (χ0v) is 11.1. The van der Waals surface area contributed by atoms with Crippen LogP contribution in [0.4, 0.5) is 0 Å². The third-order valence-electron chi connectivity index (χ3n) is 4.25. The molecular weight excluding hydrogens is 226 g/mol. The molecule has 1 unspecified atom stereocenters. The van der Waals surface area contributed by atoms with Crippen LogP contribution in [0, 0.1) is 12.8 Å². The maximum atomic E-state index is 11.8. The number of benzene rings is 1. The van der Waals surface area contributed by atoms with Gasteiger partial charge in [-0.3, -0.25) is 4.79 Å². The molecule has 2 N–H and O–H groups in total. The van der Waals surface area contributed by atoms with Gasteiger partial charge in [0.25, 0.3) is 0 Å². The van der Waals surface area contributed by atoms with E-state index >= 15 is 0 Å². The van der Waals surface area contributed by atoms with E-state index in [4.69, 9.17) is 0 Å². The lowest BCUT2D eigenvalue weighted by Crippen LogP contribution is -2.45. The second kappa shape index (κ2) is 5.11. The quantitative estimate of drug-likeness (QED) is 0.862. The second-order valence-electron chi connectivity index (χ2n) is 5.40. The Hall–Kier alpha value is -1.35. The van der Waals surface area contributed by atoms with Crippen LogP contribution in [0.15, 0.2) is 24.3 Å². The van der Waals surface area contributed by atoms with E-state index in [2.05, 4.69) is 5.32 Å². The molecule has 1 heterocycles. The van der Waals surface area contributed by atoms with Crippen LogP contribution in [0.1, 0.15) is 30.9 Å². The van der Waals surface area contributed by atoms with Crippen molar-refractivity contribution in [2.24, 2.45) is 5.92 Å². The van der Waals surface area contributed by atoms with Gasteiger partial charge in [-0.05, 0) is 51.3 Å². The molecule has 0 amide bonds. The van der Waals surface area contributed by atoms with Crippen LogP contribution in [0.25, 0.3) is 0 Å². The Morgan fingerprint density at radius 2 is 1.83 bits per heavy atom. The Balaban J connectivity index is 2.36. The fourth-order valence-electron chi connectivity index (χ4n) is 2.83. The number of aryl methyl sites for hydroxylation is 1. The smallest absolute Gasteiger partial charge is 0.314 e. The van der Waals surface area contributed by atoms with E-state index in [0.29, 0.717) is 0 Å². The van der Waals surface area contributed by atoms with Crippen molar-refractivity contribution in [3.63, 3.8) is 0 Å². The molecule has 0 radical (unpaired) electrons. The van der Waals surface area contributed by atoms with E-state index < -0.39 is 11.4 Å². The van der Waals surface area contributed by atoms with Gasteiger partial charge < -0.3 is 10.4 Å². The number of hydrogen-bond donors (Lipinski definition) is 2. The SMILES string of the molecule is Cc1ccc(C(C)(C(=O)O)C2CCNCC2)cc1. The van der Waals surface area contributed by atoms with Crippen molar-refractivity contribution in [3.05, 3.63) is 35.4 Å². The first-order valence-electron chi connectivity index (χ1n) is 6.56. The first kappa shape index (κ1) is 13.1. The lowest BCUT2D eigenvalue weighted by molar-refractivity contribution is -0.146. The summed E-state index contributed by atoms with van der Waals surface area (Å²) in [6, 6.07) is 7.92. The molecule has 1 fully saturated rings. The van der Waals surface area contributed by atoms with E-state index in [0.717, 1.165) is 37.1 Å².